The Morgan fingerprint density at radius 1 is 1.03 bits per heavy atom. The van der Waals surface area contributed by atoms with E-state index in [2.05, 4.69) is 15.0 Å². The second-order valence-electron chi connectivity index (χ2n) is 8.96. The quantitative estimate of drug-likeness (QED) is 0.499. The van der Waals surface area contributed by atoms with Gasteiger partial charge in [-0.15, -0.1) is 0 Å². The molecule has 3 aromatic rings. The van der Waals surface area contributed by atoms with E-state index in [0.29, 0.717) is 25.6 Å². The van der Waals surface area contributed by atoms with Crippen molar-refractivity contribution in [1.29, 1.82) is 0 Å². The van der Waals surface area contributed by atoms with Crippen LogP contribution in [-0.2, 0) is 11.0 Å². The van der Waals surface area contributed by atoms with Crippen molar-refractivity contribution in [2.75, 3.05) is 11.4 Å². The van der Waals surface area contributed by atoms with Gasteiger partial charge in [0, 0.05) is 32.1 Å². The second kappa shape index (κ2) is 8.96. The van der Waals surface area contributed by atoms with Crippen molar-refractivity contribution >= 4 is 17.6 Å². The molecule has 1 aliphatic carbocycles. The number of hydrogen-bond acceptors (Lipinski definition) is 5. The molecule has 0 radical (unpaired) electrons. The molecule has 2 bridgehead atoms. The average Bonchev–Trinajstić information content (AvgIpc) is 3.45. The van der Waals surface area contributed by atoms with E-state index < -0.39 is 41.5 Å². The molecule has 0 spiro atoms. The van der Waals surface area contributed by atoms with Crippen LogP contribution in [-0.4, -0.2) is 50.3 Å². The highest BCUT2D eigenvalue weighted by Gasteiger charge is 2.50. The van der Waals surface area contributed by atoms with E-state index in [-0.39, 0.29) is 28.7 Å². The number of nitrogens with zero attached hydrogens (tertiary/aromatic N) is 5. The Kier molecular flexibility index (Phi) is 5.93. The summed E-state index contributed by atoms with van der Waals surface area (Å²) < 4.78 is 53.8. The van der Waals surface area contributed by atoms with Crippen molar-refractivity contribution in [3.8, 4) is 11.4 Å². The Morgan fingerprint density at radius 2 is 1.78 bits per heavy atom. The van der Waals surface area contributed by atoms with Crippen molar-refractivity contribution in [1.82, 2.24) is 19.9 Å². The van der Waals surface area contributed by atoms with Crippen LogP contribution in [0.25, 0.3) is 11.4 Å². The zero-order chi connectivity index (χ0) is 25.6. The van der Waals surface area contributed by atoms with Gasteiger partial charge < -0.3 is 4.90 Å². The number of likely N-dealkylation sites (tertiary alicyclic amines) is 1. The average molecular weight is 499 g/mol. The lowest BCUT2D eigenvalue weighted by Crippen LogP contribution is -2.54. The molecule has 1 saturated heterocycles. The largest absolute Gasteiger partial charge is 0.417 e. The van der Waals surface area contributed by atoms with Gasteiger partial charge in [0.05, 0.1) is 28.8 Å². The van der Waals surface area contributed by atoms with Gasteiger partial charge in [-0.2, -0.15) is 13.2 Å². The molecule has 2 amide bonds. The number of rotatable bonds is 4. The van der Waals surface area contributed by atoms with Gasteiger partial charge in [0.25, 0.3) is 5.91 Å². The fraction of sp³-hybridized carbons (Fsp3) is 0.320. The van der Waals surface area contributed by atoms with Crippen molar-refractivity contribution < 1.29 is 27.2 Å². The van der Waals surface area contributed by atoms with E-state index >= 15 is 0 Å². The molecule has 0 unspecified atom stereocenters. The molecule has 5 rings (SSSR count). The lowest BCUT2D eigenvalue weighted by Gasteiger charge is -2.39. The molecule has 2 aromatic heterocycles. The Balaban J connectivity index is 1.46. The van der Waals surface area contributed by atoms with E-state index in [1.807, 2.05) is 0 Å². The van der Waals surface area contributed by atoms with Gasteiger partial charge in [-0.1, -0.05) is 6.07 Å². The molecule has 1 saturated carbocycles. The summed E-state index contributed by atoms with van der Waals surface area (Å²) >= 11 is 0. The molecular formula is C25H21F4N5O2. The molecule has 1 aromatic carbocycles. The van der Waals surface area contributed by atoms with E-state index in [1.165, 1.54) is 48.5 Å². The normalized spacial score (nSPS) is 21.0. The standard InChI is InChI=1S/C25H21F4N5O2/c1-14(35)34(21-7-6-16(12-32-21)25(27,28)29)20-11-15-10-19(20)33(13-15)24(36)17-4-2-5-18(26)22(17)23-30-8-3-9-31-23/h2-9,12,15,19-20H,10-11,13H2,1H3/t15-,19+,20+/m0/s1. The van der Waals surface area contributed by atoms with Crippen LogP contribution in [0.3, 0.4) is 0 Å². The first-order valence-corrected chi connectivity index (χ1v) is 11.3. The van der Waals surface area contributed by atoms with Crippen LogP contribution in [0.5, 0.6) is 0 Å². The number of anilines is 1. The summed E-state index contributed by atoms with van der Waals surface area (Å²) in [6.07, 6.45) is 0.257. The maximum absolute atomic E-state index is 14.8. The van der Waals surface area contributed by atoms with Gasteiger partial charge >= 0.3 is 6.18 Å². The summed E-state index contributed by atoms with van der Waals surface area (Å²) in [5, 5.41) is 0. The minimum atomic E-state index is -4.55. The number of halogens is 4. The number of amides is 2. The third-order valence-electron chi connectivity index (χ3n) is 6.74. The smallest absolute Gasteiger partial charge is 0.333 e. The molecule has 2 aliphatic rings. The molecule has 0 N–H and O–H groups in total. The van der Waals surface area contributed by atoms with E-state index in [4.69, 9.17) is 0 Å². The number of carbonyl (C=O) groups is 2. The molecule has 36 heavy (non-hydrogen) atoms. The van der Waals surface area contributed by atoms with Crippen molar-refractivity contribution in [2.45, 2.75) is 38.0 Å². The molecule has 3 atom stereocenters. The first kappa shape index (κ1) is 23.8. The van der Waals surface area contributed by atoms with Crippen molar-refractivity contribution in [3.63, 3.8) is 0 Å². The van der Waals surface area contributed by atoms with Crippen LogP contribution >= 0.6 is 0 Å². The number of alkyl halides is 3. The van der Waals surface area contributed by atoms with Gasteiger partial charge in [0.1, 0.15) is 11.6 Å². The molecule has 186 valence electrons. The van der Waals surface area contributed by atoms with Crippen LogP contribution in [0.1, 0.15) is 35.7 Å². The zero-order valence-electron chi connectivity index (χ0n) is 19.1. The first-order valence-electron chi connectivity index (χ1n) is 11.3. The number of carbonyl (C=O) groups excluding carboxylic acids is 2. The number of aromatic nitrogens is 3. The summed E-state index contributed by atoms with van der Waals surface area (Å²) in [5.41, 5.74) is -0.814. The van der Waals surface area contributed by atoms with Crippen LogP contribution in [0.2, 0.25) is 0 Å². The van der Waals surface area contributed by atoms with Crippen LogP contribution < -0.4 is 4.90 Å². The predicted octanol–water partition coefficient (Wildman–Crippen LogP) is 4.35. The van der Waals surface area contributed by atoms with Crippen LogP contribution in [0.4, 0.5) is 23.4 Å². The molecule has 11 heteroatoms. The van der Waals surface area contributed by atoms with Crippen molar-refractivity contribution in [3.05, 3.63) is 71.9 Å². The monoisotopic (exact) mass is 499 g/mol. The minimum Gasteiger partial charge on any atom is -0.333 e. The van der Waals surface area contributed by atoms with Crippen LogP contribution in [0.15, 0.2) is 55.0 Å². The number of hydrogen-bond donors (Lipinski definition) is 0. The number of fused-ring (bicyclic) bond motifs is 2. The summed E-state index contributed by atoms with van der Waals surface area (Å²) in [4.78, 5) is 41.3. The maximum Gasteiger partial charge on any atom is 0.417 e. The fourth-order valence-electron chi connectivity index (χ4n) is 5.28. The van der Waals surface area contributed by atoms with Gasteiger partial charge in [-0.3, -0.25) is 14.5 Å². The van der Waals surface area contributed by atoms with Gasteiger partial charge in [-0.25, -0.2) is 19.3 Å². The third kappa shape index (κ3) is 4.18. The predicted molar refractivity (Wildman–Crippen MR) is 121 cm³/mol. The summed E-state index contributed by atoms with van der Waals surface area (Å²) in [6.45, 7) is 1.74. The zero-order valence-corrected chi connectivity index (χ0v) is 19.1. The van der Waals surface area contributed by atoms with Gasteiger partial charge in [0.2, 0.25) is 5.91 Å². The molecular weight excluding hydrogens is 478 g/mol. The summed E-state index contributed by atoms with van der Waals surface area (Å²) in [6, 6.07) is 6.94. The molecule has 2 fully saturated rings. The highest BCUT2D eigenvalue weighted by Crippen LogP contribution is 2.43. The molecule has 7 nitrogen and oxygen atoms in total. The topological polar surface area (TPSA) is 79.3 Å². The highest BCUT2D eigenvalue weighted by molar-refractivity contribution is 6.01. The number of pyridine rings is 1. The SMILES string of the molecule is CC(=O)N(c1ccc(C(F)(F)F)cn1)[C@@H]1C[C@@H]2C[C@H]1N(C(=O)c1cccc(F)c1-c1ncccn1)C2. The lowest BCUT2D eigenvalue weighted by atomic mass is 10.00. The van der Waals surface area contributed by atoms with E-state index in [1.54, 1.807) is 11.0 Å². The molecule has 1 aliphatic heterocycles. The van der Waals surface area contributed by atoms with E-state index in [0.717, 1.165) is 6.07 Å². The minimum absolute atomic E-state index is 0.00439. The fourth-order valence-corrected chi connectivity index (χ4v) is 5.28. The Morgan fingerprint density at radius 3 is 2.39 bits per heavy atom. The number of piperidine rings is 1. The third-order valence-corrected chi connectivity index (χ3v) is 6.74. The summed E-state index contributed by atoms with van der Waals surface area (Å²) in [7, 11) is 0. The van der Waals surface area contributed by atoms with Crippen LogP contribution in [0, 0.1) is 11.7 Å². The second-order valence-corrected chi connectivity index (χ2v) is 8.96. The van der Waals surface area contributed by atoms with Gasteiger partial charge in [-0.05, 0) is 49.1 Å². The van der Waals surface area contributed by atoms with Crippen molar-refractivity contribution in [2.24, 2.45) is 5.92 Å². The first-order chi connectivity index (χ1) is 17.1. The Labute approximate surface area is 203 Å². The Bertz CT molecular complexity index is 1300. The number of benzene rings is 1. The summed E-state index contributed by atoms with van der Waals surface area (Å²) in [5.74, 6) is -1.18. The lowest BCUT2D eigenvalue weighted by molar-refractivity contribution is -0.137. The van der Waals surface area contributed by atoms with Gasteiger partial charge in [0.15, 0.2) is 5.82 Å². The van der Waals surface area contributed by atoms with E-state index in [9.17, 15) is 27.2 Å². The Hall–Kier alpha value is -3.89. The highest BCUT2D eigenvalue weighted by atomic mass is 19.4. The maximum atomic E-state index is 14.8. The molecule has 3 heterocycles.